The van der Waals surface area contributed by atoms with Crippen molar-refractivity contribution in [2.24, 2.45) is 0 Å². The van der Waals surface area contributed by atoms with E-state index in [4.69, 9.17) is 5.73 Å². The molecule has 0 fully saturated rings. The van der Waals surface area contributed by atoms with Gasteiger partial charge < -0.3 is 10.7 Å². The minimum Gasteiger partial charge on any atom is -0.384 e. The number of nitrogen functional groups attached to an aromatic ring is 1. The van der Waals surface area contributed by atoms with Gasteiger partial charge >= 0.3 is 0 Å². The van der Waals surface area contributed by atoms with Crippen LogP contribution in [0.15, 0.2) is 30.3 Å². The van der Waals surface area contributed by atoms with Crippen molar-refractivity contribution in [1.29, 1.82) is 0 Å². The zero-order chi connectivity index (χ0) is 11.8. The van der Waals surface area contributed by atoms with Gasteiger partial charge in [0.1, 0.15) is 11.5 Å². The summed E-state index contributed by atoms with van der Waals surface area (Å²) in [6.45, 7) is 1.94. The number of nitrogens with two attached hydrogens (primary N) is 1. The van der Waals surface area contributed by atoms with Crippen LogP contribution in [0.3, 0.4) is 0 Å². The van der Waals surface area contributed by atoms with Crippen LogP contribution in [0.5, 0.6) is 0 Å². The third-order valence-electron chi connectivity index (χ3n) is 2.50. The second-order valence-electron chi connectivity index (χ2n) is 3.86. The summed E-state index contributed by atoms with van der Waals surface area (Å²) in [5.74, 6) is 1.16. The summed E-state index contributed by atoms with van der Waals surface area (Å²) in [6, 6.07) is 9.36. The Morgan fingerprint density at radius 2 is 1.94 bits per heavy atom. The molecule has 17 heavy (non-hydrogen) atoms. The molecule has 0 saturated carbocycles. The maximum Gasteiger partial charge on any atom is 0.178 e. The van der Waals surface area contributed by atoms with Gasteiger partial charge in [-0.15, -0.1) is 0 Å². The van der Waals surface area contributed by atoms with Crippen LogP contribution in [0.1, 0.15) is 5.69 Å². The topological polar surface area (TPSA) is 80.5 Å². The summed E-state index contributed by atoms with van der Waals surface area (Å²) in [7, 11) is 0. The van der Waals surface area contributed by atoms with E-state index >= 15 is 0 Å². The molecule has 0 aliphatic rings. The number of aromatic amines is 1. The molecule has 5 heteroatoms. The van der Waals surface area contributed by atoms with Crippen molar-refractivity contribution in [1.82, 2.24) is 19.9 Å². The second-order valence-corrected chi connectivity index (χ2v) is 3.86. The van der Waals surface area contributed by atoms with Crippen LogP contribution < -0.4 is 5.73 Å². The summed E-state index contributed by atoms with van der Waals surface area (Å²) >= 11 is 0. The predicted molar refractivity (Wildman–Crippen MR) is 66.3 cm³/mol. The SMILES string of the molecule is Cc1ccc2[nH]c(-c3cccc(N)n3)nc2n1. The molecule has 0 aromatic carbocycles. The van der Waals surface area contributed by atoms with E-state index in [1.165, 1.54) is 0 Å². The van der Waals surface area contributed by atoms with Crippen LogP contribution in [0, 0.1) is 6.92 Å². The number of hydrogen-bond acceptors (Lipinski definition) is 4. The van der Waals surface area contributed by atoms with Gasteiger partial charge in [0.2, 0.25) is 0 Å². The first-order valence-electron chi connectivity index (χ1n) is 5.29. The van der Waals surface area contributed by atoms with Crippen LogP contribution in [-0.4, -0.2) is 19.9 Å². The number of imidazole rings is 1. The molecule has 0 saturated heterocycles. The summed E-state index contributed by atoms with van der Waals surface area (Å²) in [4.78, 5) is 16.1. The third-order valence-corrected chi connectivity index (χ3v) is 2.50. The Morgan fingerprint density at radius 1 is 1.06 bits per heavy atom. The fraction of sp³-hybridized carbons (Fsp3) is 0.0833. The van der Waals surface area contributed by atoms with E-state index in [2.05, 4.69) is 19.9 Å². The highest BCUT2D eigenvalue weighted by molar-refractivity contribution is 5.75. The van der Waals surface area contributed by atoms with Crippen molar-refractivity contribution in [3.05, 3.63) is 36.0 Å². The van der Waals surface area contributed by atoms with Crippen molar-refractivity contribution in [2.75, 3.05) is 5.73 Å². The van der Waals surface area contributed by atoms with E-state index in [0.29, 0.717) is 17.3 Å². The molecule has 3 heterocycles. The molecule has 0 bridgehead atoms. The lowest BCUT2D eigenvalue weighted by atomic mass is 10.3. The molecule has 0 amide bonds. The Kier molecular flexibility index (Phi) is 2.04. The third kappa shape index (κ3) is 1.71. The Balaban J connectivity index is 2.18. The van der Waals surface area contributed by atoms with Gasteiger partial charge in [-0.2, -0.15) is 0 Å². The minimum absolute atomic E-state index is 0.479. The molecule has 3 aromatic heterocycles. The molecule has 0 radical (unpaired) electrons. The lowest BCUT2D eigenvalue weighted by Gasteiger charge is -1.96. The number of H-pyrrole nitrogens is 1. The fourth-order valence-electron chi connectivity index (χ4n) is 1.69. The van der Waals surface area contributed by atoms with Crippen LogP contribution in [0.2, 0.25) is 0 Å². The molecular weight excluding hydrogens is 214 g/mol. The van der Waals surface area contributed by atoms with Crippen LogP contribution in [0.4, 0.5) is 5.82 Å². The molecule has 3 rings (SSSR count). The maximum atomic E-state index is 5.65. The molecular formula is C12H11N5. The van der Waals surface area contributed by atoms with Gasteiger partial charge in [-0.3, -0.25) is 0 Å². The van der Waals surface area contributed by atoms with E-state index < -0.39 is 0 Å². The first-order chi connectivity index (χ1) is 8.22. The fourth-order valence-corrected chi connectivity index (χ4v) is 1.69. The molecule has 0 spiro atoms. The smallest absolute Gasteiger partial charge is 0.178 e. The molecule has 3 aromatic rings. The molecule has 0 unspecified atom stereocenters. The average molecular weight is 225 g/mol. The number of fused-ring (bicyclic) bond motifs is 1. The number of anilines is 1. The maximum absolute atomic E-state index is 5.65. The number of aromatic nitrogens is 4. The van der Waals surface area contributed by atoms with Crippen molar-refractivity contribution < 1.29 is 0 Å². The average Bonchev–Trinajstić information content (AvgIpc) is 2.72. The summed E-state index contributed by atoms with van der Waals surface area (Å²) in [5, 5.41) is 0. The van der Waals surface area contributed by atoms with Crippen molar-refractivity contribution in [3.63, 3.8) is 0 Å². The summed E-state index contributed by atoms with van der Waals surface area (Å²) < 4.78 is 0. The number of nitrogens with zero attached hydrogens (tertiary/aromatic N) is 3. The Labute approximate surface area is 97.7 Å². The molecule has 3 N–H and O–H groups in total. The van der Waals surface area contributed by atoms with Crippen LogP contribution in [-0.2, 0) is 0 Å². The van der Waals surface area contributed by atoms with E-state index in [1.54, 1.807) is 6.07 Å². The number of nitrogens with one attached hydrogen (secondary N) is 1. The first-order valence-corrected chi connectivity index (χ1v) is 5.29. The van der Waals surface area contributed by atoms with Crippen molar-refractivity contribution in [3.8, 4) is 11.5 Å². The van der Waals surface area contributed by atoms with Crippen LogP contribution in [0.25, 0.3) is 22.7 Å². The minimum atomic E-state index is 0.479. The van der Waals surface area contributed by atoms with E-state index in [-0.39, 0.29) is 0 Å². The largest absolute Gasteiger partial charge is 0.384 e. The van der Waals surface area contributed by atoms with Gasteiger partial charge in [0.25, 0.3) is 0 Å². The van der Waals surface area contributed by atoms with Gasteiger partial charge in [-0.25, -0.2) is 15.0 Å². The molecule has 84 valence electrons. The Bertz CT molecular complexity index is 686. The molecule has 0 aliphatic carbocycles. The Morgan fingerprint density at radius 3 is 2.76 bits per heavy atom. The second kappa shape index (κ2) is 3.55. The van der Waals surface area contributed by atoms with Crippen molar-refractivity contribution >= 4 is 17.0 Å². The van der Waals surface area contributed by atoms with E-state index in [1.807, 2.05) is 31.2 Å². The van der Waals surface area contributed by atoms with E-state index in [0.717, 1.165) is 16.9 Å². The number of aryl methyl sites for hydroxylation is 1. The molecule has 5 nitrogen and oxygen atoms in total. The normalized spacial score (nSPS) is 10.9. The Hall–Kier alpha value is -2.43. The lowest BCUT2D eigenvalue weighted by molar-refractivity contribution is 1.21. The molecule has 0 atom stereocenters. The van der Waals surface area contributed by atoms with Gasteiger partial charge in [-0.1, -0.05) is 6.07 Å². The van der Waals surface area contributed by atoms with E-state index in [9.17, 15) is 0 Å². The highest BCUT2D eigenvalue weighted by Crippen LogP contribution is 2.18. The van der Waals surface area contributed by atoms with Gasteiger partial charge in [0.15, 0.2) is 11.5 Å². The summed E-state index contributed by atoms with van der Waals surface area (Å²) in [5.41, 5.74) is 8.91. The number of hydrogen-bond donors (Lipinski definition) is 2. The van der Waals surface area contributed by atoms with Gasteiger partial charge in [0.05, 0.1) is 5.52 Å². The monoisotopic (exact) mass is 225 g/mol. The number of pyridine rings is 2. The predicted octanol–water partition coefficient (Wildman–Crippen LogP) is 1.91. The quantitative estimate of drug-likeness (QED) is 0.663. The lowest BCUT2D eigenvalue weighted by Crippen LogP contribution is -1.92. The van der Waals surface area contributed by atoms with Gasteiger partial charge in [-0.05, 0) is 31.2 Å². The highest BCUT2D eigenvalue weighted by Gasteiger charge is 2.07. The summed E-state index contributed by atoms with van der Waals surface area (Å²) in [6.07, 6.45) is 0. The van der Waals surface area contributed by atoms with Crippen molar-refractivity contribution in [2.45, 2.75) is 6.92 Å². The molecule has 0 aliphatic heterocycles. The highest BCUT2D eigenvalue weighted by atomic mass is 15.0. The zero-order valence-corrected chi connectivity index (χ0v) is 9.31. The van der Waals surface area contributed by atoms with Gasteiger partial charge in [0, 0.05) is 5.69 Å². The standard InChI is InChI=1S/C12H11N5/c1-7-5-6-9-11(14-7)17-12(16-9)8-3-2-4-10(13)15-8/h2-6H,1H3,(H2,13,15)(H,14,16,17). The first kappa shape index (κ1) is 9.77. The number of rotatable bonds is 1. The zero-order valence-electron chi connectivity index (χ0n) is 9.31. The van der Waals surface area contributed by atoms with Crippen LogP contribution >= 0.6 is 0 Å².